The van der Waals surface area contributed by atoms with Crippen LogP contribution in [0.2, 0.25) is 0 Å². The van der Waals surface area contributed by atoms with Crippen LogP contribution in [-0.2, 0) is 14.6 Å². The topological polar surface area (TPSA) is 74.7 Å². The largest absolute Gasteiger partial charge is 0.480 e. The molecule has 3 aromatic carbocycles. The van der Waals surface area contributed by atoms with Crippen molar-refractivity contribution in [3.05, 3.63) is 77.4 Å². The lowest BCUT2D eigenvalue weighted by atomic mass is 9.93. The Labute approximate surface area is 177 Å². The highest BCUT2D eigenvalue weighted by molar-refractivity contribution is 7.92. The van der Waals surface area contributed by atoms with Crippen molar-refractivity contribution in [3.8, 4) is 11.1 Å². The summed E-state index contributed by atoms with van der Waals surface area (Å²) in [4.78, 5) is 12.7. The number of aliphatic carboxylic acids is 1. The zero-order chi connectivity index (χ0) is 22.1. The van der Waals surface area contributed by atoms with Crippen LogP contribution in [0, 0.1) is 20.8 Å². The minimum Gasteiger partial charge on any atom is -0.480 e. The maximum atomic E-state index is 12.1. The Morgan fingerprint density at radius 3 is 2.07 bits per heavy atom. The Bertz CT molecular complexity index is 1180. The van der Waals surface area contributed by atoms with Gasteiger partial charge >= 0.3 is 5.97 Å². The molecule has 0 bridgehead atoms. The quantitative estimate of drug-likeness (QED) is 0.610. The van der Waals surface area contributed by atoms with Gasteiger partial charge in [0.1, 0.15) is 0 Å². The number of benzene rings is 3. The van der Waals surface area contributed by atoms with Crippen LogP contribution in [0.3, 0.4) is 0 Å². The summed E-state index contributed by atoms with van der Waals surface area (Å²) >= 11 is 0. The van der Waals surface area contributed by atoms with E-state index in [9.17, 15) is 13.2 Å². The molecule has 6 heteroatoms. The summed E-state index contributed by atoms with van der Waals surface area (Å²) in [6, 6.07) is 18.8. The number of sulfone groups is 1. The molecule has 0 atom stereocenters. The number of carboxylic acid groups (broad SMARTS) is 1. The molecule has 3 aromatic rings. The molecule has 0 saturated carbocycles. The van der Waals surface area contributed by atoms with Gasteiger partial charge in [0.25, 0.3) is 0 Å². The van der Waals surface area contributed by atoms with Gasteiger partial charge in [-0.25, -0.2) is 8.42 Å². The predicted molar refractivity (Wildman–Crippen MR) is 120 cm³/mol. The molecule has 0 amide bonds. The molecule has 1 N–H and O–H groups in total. The molecule has 30 heavy (non-hydrogen) atoms. The van der Waals surface area contributed by atoms with Crippen molar-refractivity contribution in [2.45, 2.75) is 25.7 Å². The van der Waals surface area contributed by atoms with E-state index in [0.717, 1.165) is 16.9 Å². The first kappa shape index (κ1) is 21.6. The van der Waals surface area contributed by atoms with Crippen LogP contribution in [-0.4, -0.2) is 32.3 Å². The average Bonchev–Trinajstić information content (AvgIpc) is 2.66. The molecule has 0 aliphatic heterocycles. The van der Waals surface area contributed by atoms with Crippen LogP contribution in [0.15, 0.2) is 65.6 Å². The van der Waals surface area contributed by atoms with Crippen molar-refractivity contribution in [1.82, 2.24) is 0 Å². The van der Waals surface area contributed by atoms with Crippen LogP contribution in [0.25, 0.3) is 11.1 Å². The van der Waals surface area contributed by atoms with Gasteiger partial charge in [-0.3, -0.25) is 4.79 Å². The van der Waals surface area contributed by atoms with Gasteiger partial charge in [0.15, 0.2) is 15.6 Å². The van der Waals surface area contributed by atoms with Crippen LogP contribution in [0.4, 0.5) is 11.4 Å². The maximum Gasteiger partial charge on any atom is 0.319 e. The number of carboxylic acids is 1. The molecule has 0 saturated heterocycles. The molecule has 0 aromatic heterocycles. The number of nitrogens with zero attached hydrogens (tertiary/aromatic N) is 1. The standard InChI is InChI=1S/C24H25NO4S/c1-16-12-17(2)24(18(3)13-16)19-6-5-7-21(14-19)25(4)20-8-10-22(11-9-20)30(28,29)15-23(26)27/h5-14H,15H2,1-4H3,(H,26,27). The SMILES string of the molecule is Cc1cc(C)c(-c2cccc(N(C)c3ccc(S(=O)(=O)CC(=O)O)cc3)c2)c(C)c1. The van der Waals surface area contributed by atoms with Gasteiger partial charge in [-0.05, 0) is 79.4 Å². The highest BCUT2D eigenvalue weighted by Gasteiger charge is 2.19. The minimum absolute atomic E-state index is 0.00158. The Balaban J connectivity index is 1.93. The summed E-state index contributed by atoms with van der Waals surface area (Å²) < 4.78 is 24.2. The van der Waals surface area contributed by atoms with E-state index in [1.54, 1.807) is 12.1 Å². The van der Waals surface area contributed by atoms with E-state index < -0.39 is 21.6 Å². The van der Waals surface area contributed by atoms with Crippen LogP contribution in [0.1, 0.15) is 16.7 Å². The van der Waals surface area contributed by atoms with Crippen LogP contribution in [0.5, 0.6) is 0 Å². The van der Waals surface area contributed by atoms with Gasteiger partial charge in [-0.1, -0.05) is 29.8 Å². The first-order valence-electron chi connectivity index (χ1n) is 9.55. The van der Waals surface area contributed by atoms with E-state index in [1.165, 1.54) is 34.4 Å². The van der Waals surface area contributed by atoms with Crippen molar-refractivity contribution in [2.24, 2.45) is 0 Å². The second-order valence-electron chi connectivity index (χ2n) is 7.53. The molecule has 0 unspecified atom stereocenters. The molecule has 156 valence electrons. The molecule has 3 rings (SSSR count). The lowest BCUT2D eigenvalue weighted by Gasteiger charge is -2.21. The molecule has 0 aliphatic rings. The number of carbonyl (C=O) groups is 1. The Morgan fingerprint density at radius 1 is 0.900 bits per heavy atom. The summed E-state index contributed by atoms with van der Waals surface area (Å²) in [6.07, 6.45) is 0. The van der Waals surface area contributed by atoms with Crippen LogP contribution < -0.4 is 4.90 Å². The molecular weight excluding hydrogens is 398 g/mol. The van der Waals surface area contributed by atoms with Gasteiger partial charge < -0.3 is 10.0 Å². The monoisotopic (exact) mass is 423 g/mol. The number of hydrogen-bond donors (Lipinski definition) is 1. The average molecular weight is 424 g/mol. The van der Waals surface area contributed by atoms with Crippen molar-refractivity contribution in [3.63, 3.8) is 0 Å². The van der Waals surface area contributed by atoms with E-state index in [4.69, 9.17) is 5.11 Å². The molecule has 0 fully saturated rings. The van der Waals surface area contributed by atoms with Crippen LogP contribution >= 0.6 is 0 Å². The fourth-order valence-corrected chi connectivity index (χ4v) is 4.82. The molecule has 0 aliphatic carbocycles. The van der Waals surface area contributed by atoms with Gasteiger partial charge in [-0.15, -0.1) is 0 Å². The van der Waals surface area contributed by atoms with Gasteiger partial charge in [-0.2, -0.15) is 0 Å². The first-order valence-corrected chi connectivity index (χ1v) is 11.2. The van der Waals surface area contributed by atoms with Gasteiger partial charge in [0.05, 0.1) is 4.90 Å². The highest BCUT2D eigenvalue weighted by Crippen LogP contribution is 2.33. The first-order chi connectivity index (χ1) is 14.1. The number of anilines is 2. The number of aryl methyl sites for hydroxylation is 3. The second kappa shape index (κ2) is 8.32. The highest BCUT2D eigenvalue weighted by atomic mass is 32.2. The third-order valence-corrected chi connectivity index (χ3v) is 6.71. The summed E-state index contributed by atoms with van der Waals surface area (Å²) in [5.74, 6) is -2.28. The Kier molecular flexibility index (Phi) is 5.99. The van der Waals surface area contributed by atoms with E-state index in [2.05, 4.69) is 45.0 Å². The molecule has 0 heterocycles. The Hall–Kier alpha value is -3.12. The fourth-order valence-electron chi connectivity index (χ4n) is 3.78. The van der Waals surface area contributed by atoms with Crippen molar-refractivity contribution >= 4 is 27.2 Å². The summed E-state index contributed by atoms with van der Waals surface area (Å²) in [6.45, 7) is 6.32. The molecular formula is C24H25NO4S. The van der Waals surface area contributed by atoms with E-state index in [1.807, 2.05) is 24.1 Å². The molecule has 0 spiro atoms. The molecule has 0 radical (unpaired) electrons. The van der Waals surface area contributed by atoms with E-state index in [0.29, 0.717) is 0 Å². The van der Waals surface area contributed by atoms with Crippen molar-refractivity contribution in [2.75, 3.05) is 17.7 Å². The zero-order valence-electron chi connectivity index (χ0n) is 17.5. The zero-order valence-corrected chi connectivity index (χ0v) is 18.3. The van der Waals surface area contributed by atoms with Gasteiger partial charge in [0, 0.05) is 18.4 Å². The summed E-state index contributed by atoms with van der Waals surface area (Å²) in [5, 5.41) is 8.79. The second-order valence-corrected chi connectivity index (χ2v) is 9.52. The Morgan fingerprint density at radius 2 is 1.50 bits per heavy atom. The van der Waals surface area contributed by atoms with E-state index >= 15 is 0 Å². The predicted octanol–water partition coefficient (Wildman–Crippen LogP) is 4.91. The van der Waals surface area contributed by atoms with E-state index in [-0.39, 0.29) is 4.90 Å². The minimum atomic E-state index is -3.84. The third-order valence-electron chi connectivity index (χ3n) is 5.10. The lowest BCUT2D eigenvalue weighted by Crippen LogP contribution is -2.15. The summed E-state index contributed by atoms with van der Waals surface area (Å²) in [5.41, 5.74) is 7.79. The fraction of sp³-hybridized carbons (Fsp3) is 0.208. The maximum absolute atomic E-state index is 12.1. The van der Waals surface area contributed by atoms with Gasteiger partial charge in [0.2, 0.25) is 0 Å². The summed E-state index contributed by atoms with van der Waals surface area (Å²) in [7, 11) is -1.93. The molecule has 5 nitrogen and oxygen atoms in total. The normalized spacial score (nSPS) is 11.3. The lowest BCUT2D eigenvalue weighted by molar-refractivity contribution is -0.134. The number of rotatable bonds is 6. The number of hydrogen-bond acceptors (Lipinski definition) is 4. The third kappa shape index (κ3) is 4.54. The van der Waals surface area contributed by atoms with Crippen molar-refractivity contribution in [1.29, 1.82) is 0 Å². The smallest absolute Gasteiger partial charge is 0.319 e. The van der Waals surface area contributed by atoms with Crippen molar-refractivity contribution < 1.29 is 18.3 Å².